The molecule has 1 aliphatic carbocycles. The number of carbonyl (C=O) groups is 3. The Balaban J connectivity index is 1.45. The fourth-order valence-corrected chi connectivity index (χ4v) is 4.05. The molecule has 2 aromatic carbocycles. The molecule has 34 heavy (non-hydrogen) atoms. The Labute approximate surface area is 196 Å². The molecule has 8 nitrogen and oxygen atoms in total. The summed E-state index contributed by atoms with van der Waals surface area (Å²) < 4.78 is 5.52. The quantitative estimate of drug-likeness (QED) is 0.437. The second kappa shape index (κ2) is 9.99. The number of hydrogen-bond donors (Lipinski definition) is 3. The van der Waals surface area contributed by atoms with Crippen LogP contribution < -0.4 is 10.6 Å². The van der Waals surface area contributed by atoms with Crippen LogP contribution in [0, 0.1) is 0 Å². The van der Waals surface area contributed by atoms with E-state index in [4.69, 9.17) is 4.74 Å². The number of hydrogen-bond acceptors (Lipinski definition) is 5. The van der Waals surface area contributed by atoms with E-state index in [-0.39, 0.29) is 30.3 Å². The topological polar surface area (TPSA) is 118 Å². The molecule has 0 spiro atoms. The number of pyridine rings is 1. The standard InChI is InChI=1S/C26H23N3O5/c1-2-8-22(25(31)32)28-24(30)23-21(13-7-14-27-23)29-26(33)34-15-20-18-11-5-3-9-16(18)17-10-4-6-12-19(17)20/h2-7,9-14,20,22H,1,8,15H2,(H,28,30)(H,29,33)(H,31,32). The van der Waals surface area contributed by atoms with Crippen LogP contribution in [0.15, 0.2) is 79.5 Å². The average molecular weight is 457 g/mol. The van der Waals surface area contributed by atoms with Crippen LogP contribution in [0.3, 0.4) is 0 Å². The second-order valence-electron chi connectivity index (χ2n) is 7.74. The van der Waals surface area contributed by atoms with E-state index in [2.05, 4.69) is 22.2 Å². The van der Waals surface area contributed by atoms with Crippen molar-refractivity contribution in [2.24, 2.45) is 0 Å². The molecule has 8 heteroatoms. The molecule has 0 saturated heterocycles. The highest BCUT2D eigenvalue weighted by Crippen LogP contribution is 2.44. The van der Waals surface area contributed by atoms with Crippen LogP contribution in [0.4, 0.5) is 10.5 Å². The molecule has 1 unspecified atom stereocenters. The zero-order chi connectivity index (χ0) is 24.1. The largest absolute Gasteiger partial charge is 0.480 e. The van der Waals surface area contributed by atoms with Gasteiger partial charge >= 0.3 is 12.1 Å². The van der Waals surface area contributed by atoms with Gasteiger partial charge in [0, 0.05) is 12.1 Å². The van der Waals surface area contributed by atoms with Crippen molar-refractivity contribution < 1.29 is 24.2 Å². The van der Waals surface area contributed by atoms with Crippen LogP contribution in [0.5, 0.6) is 0 Å². The first kappa shape index (κ1) is 22.7. The van der Waals surface area contributed by atoms with E-state index >= 15 is 0 Å². The summed E-state index contributed by atoms with van der Waals surface area (Å²) in [4.78, 5) is 40.5. The van der Waals surface area contributed by atoms with Crippen molar-refractivity contribution in [1.82, 2.24) is 10.3 Å². The Kier molecular flexibility index (Phi) is 6.68. The lowest BCUT2D eigenvalue weighted by atomic mass is 9.98. The zero-order valence-corrected chi connectivity index (χ0v) is 18.2. The molecule has 0 aliphatic heterocycles. The summed E-state index contributed by atoms with van der Waals surface area (Å²) in [5.41, 5.74) is 4.39. The summed E-state index contributed by atoms with van der Waals surface area (Å²) >= 11 is 0. The Bertz CT molecular complexity index is 1210. The van der Waals surface area contributed by atoms with Crippen LogP contribution in [0.2, 0.25) is 0 Å². The summed E-state index contributed by atoms with van der Waals surface area (Å²) in [5, 5.41) is 14.2. The maximum Gasteiger partial charge on any atom is 0.411 e. The number of amides is 2. The fraction of sp³-hybridized carbons (Fsp3) is 0.154. The summed E-state index contributed by atoms with van der Waals surface area (Å²) in [7, 11) is 0. The Morgan fingerprint density at radius 3 is 2.29 bits per heavy atom. The van der Waals surface area contributed by atoms with Crippen molar-refractivity contribution >= 4 is 23.7 Å². The van der Waals surface area contributed by atoms with Gasteiger partial charge in [-0.15, -0.1) is 6.58 Å². The van der Waals surface area contributed by atoms with Crippen molar-refractivity contribution in [3.63, 3.8) is 0 Å². The maximum absolute atomic E-state index is 12.6. The number of fused-ring (bicyclic) bond motifs is 3. The smallest absolute Gasteiger partial charge is 0.411 e. The number of anilines is 1. The fourth-order valence-electron chi connectivity index (χ4n) is 4.05. The normalized spacial score (nSPS) is 12.7. The number of benzene rings is 2. The molecule has 0 fully saturated rings. The first-order chi connectivity index (χ1) is 16.5. The number of aliphatic carboxylic acids is 1. The number of aromatic nitrogens is 1. The lowest BCUT2D eigenvalue weighted by Gasteiger charge is -2.16. The van der Waals surface area contributed by atoms with E-state index in [1.807, 2.05) is 48.5 Å². The predicted molar refractivity (Wildman–Crippen MR) is 127 cm³/mol. The Morgan fingerprint density at radius 2 is 1.68 bits per heavy atom. The van der Waals surface area contributed by atoms with Gasteiger partial charge in [-0.2, -0.15) is 0 Å². The van der Waals surface area contributed by atoms with Crippen molar-refractivity contribution in [3.8, 4) is 11.1 Å². The van der Waals surface area contributed by atoms with Crippen molar-refractivity contribution in [1.29, 1.82) is 0 Å². The molecule has 0 bridgehead atoms. The van der Waals surface area contributed by atoms with Gasteiger partial charge in [0.25, 0.3) is 5.91 Å². The van der Waals surface area contributed by atoms with E-state index in [1.54, 1.807) is 6.07 Å². The van der Waals surface area contributed by atoms with Gasteiger partial charge in [-0.1, -0.05) is 54.6 Å². The third kappa shape index (κ3) is 4.66. The molecule has 1 heterocycles. The molecule has 2 amide bonds. The Hall–Kier alpha value is -4.46. The van der Waals surface area contributed by atoms with Gasteiger partial charge in [0.1, 0.15) is 12.6 Å². The summed E-state index contributed by atoms with van der Waals surface area (Å²) in [6.45, 7) is 3.61. The second-order valence-corrected chi connectivity index (χ2v) is 7.74. The number of carboxylic acid groups (broad SMARTS) is 1. The van der Waals surface area contributed by atoms with Crippen molar-refractivity contribution in [2.75, 3.05) is 11.9 Å². The minimum Gasteiger partial charge on any atom is -0.480 e. The van der Waals surface area contributed by atoms with Gasteiger partial charge in [0.2, 0.25) is 0 Å². The molecule has 1 atom stereocenters. The van der Waals surface area contributed by atoms with Crippen molar-refractivity contribution in [2.45, 2.75) is 18.4 Å². The van der Waals surface area contributed by atoms with Crippen LogP contribution in [0.1, 0.15) is 34.0 Å². The van der Waals surface area contributed by atoms with Gasteiger partial charge in [0.05, 0.1) is 5.69 Å². The van der Waals surface area contributed by atoms with E-state index in [0.29, 0.717) is 0 Å². The zero-order valence-electron chi connectivity index (χ0n) is 18.2. The summed E-state index contributed by atoms with van der Waals surface area (Å²) in [6.07, 6.45) is 2.07. The van der Waals surface area contributed by atoms with Gasteiger partial charge in [-0.25, -0.2) is 14.6 Å². The monoisotopic (exact) mass is 457 g/mol. The van der Waals surface area contributed by atoms with Gasteiger partial charge in [-0.3, -0.25) is 10.1 Å². The average Bonchev–Trinajstić information content (AvgIpc) is 3.16. The third-order valence-electron chi connectivity index (χ3n) is 5.61. The minimum atomic E-state index is -1.20. The molecule has 172 valence electrons. The van der Waals surface area contributed by atoms with Gasteiger partial charge in [-0.05, 0) is 40.8 Å². The van der Waals surface area contributed by atoms with Crippen LogP contribution >= 0.6 is 0 Å². The van der Waals surface area contributed by atoms with Crippen LogP contribution in [-0.2, 0) is 9.53 Å². The predicted octanol–water partition coefficient (Wildman–Crippen LogP) is 4.20. The number of carbonyl (C=O) groups excluding carboxylic acids is 2. The molecule has 3 N–H and O–H groups in total. The number of ether oxygens (including phenoxy) is 1. The highest BCUT2D eigenvalue weighted by molar-refractivity contribution is 6.02. The molecular weight excluding hydrogens is 434 g/mol. The molecular formula is C26H23N3O5. The lowest BCUT2D eigenvalue weighted by Crippen LogP contribution is -2.41. The number of nitrogens with one attached hydrogen (secondary N) is 2. The third-order valence-corrected chi connectivity index (χ3v) is 5.61. The number of carboxylic acids is 1. The van der Waals surface area contributed by atoms with E-state index in [9.17, 15) is 19.5 Å². The van der Waals surface area contributed by atoms with Gasteiger partial charge < -0.3 is 15.2 Å². The van der Waals surface area contributed by atoms with Crippen molar-refractivity contribution in [3.05, 3.63) is 96.3 Å². The maximum atomic E-state index is 12.6. The SMILES string of the molecule is C=CCC(NC(=O)c1ncccc1NC(=O)OCC1c2ccccc2-c2ccccc21)C(=O)O. The molecule has 3 aromatic rings. The van der Waals surface area contributed by atoms with E-state index in [0.717, 1.165) is 22.3 Å². The van der Waals surface area contributed by atoms with E-state index in [1.165, 1.54) is 18.3 Å². The summed E-state index contributed by atoms with van der Waals surface area (Å²) in [5.74, 6) is -2.04. The highest BCUT2D eigenvalue weighted by atomic mass is 16.5. The Morgan fingerprint density at radius 1 is 1.03 bits per heavy atom. The molecule has 1 aromatic heterocycles. The summed E-state index contributed by atoms with van der Waals surface area (Å²) in [6, 6.07) is 17.9. The van der Waals surface area contributed by atoms with Crippen LogP contribution in [-0.4, -0.2) is 40.7 Å². The molecule has 0 radical (unpaired) electrons. The lowest BCUT2D eigenvalue weighted by molar-refractivity contribution is -0.139. The number of nitrogens with zero attached hydrogens (tertiary/aromatic N) is 1. The van der Waals surface area contributed by atoms with Gasteiger partial charge in [0.15, 0.2) is 5.69 Å². The molecule has 0 saturated carbocycles. The van der Waals surface area contributed by atoms with E-state index < -0.39 is 24.0 Å². The number of rotatable bonds is 8. The first-order valence-electron chi connectivity index (χ1n) is 10.7. The minimum absolute atomic E-state index is 0.0447. The highest BCUT2D eigenvalue weighted by Gasteiger charge is 2.29. The van der Waals surface area contributed by atoms with Crippen LogP contribution in [0.25, 0.3) is 11.1 Å². The first-order valence-corrected chi connectivity index (χ1v) is 10.7. The molecule has 4 rings (SSSR count). The molecule has 1 aliphatic rings.